The second-order valence-electron chi connectivity index (χ2n) is 5.74. The molecule has 0 aliphatic heterocycles. The molecule has 1 aromatic carbocycles. The summed E-state index contributed by atoms with van der Waals surface area (Å²) in [6.07, 6.45) is 8.31. The lowest BCUT2D eigenvalue weighted by atomic mass is 9.96. The largest absolute Gasteiger partial charge is 0.261 e. The van der Waals surface area contributed by atoms with Gasteiger partial charge in [0.1, 0.15) is 0 Å². The van der Waals surface area contributed by atoms with Gasteiger partial charge in [0.15, 0.2) is 5.82 Å². The summed E-state index contributed by atoms with van der Waals surface area (Å²) in [5, 5.41) is 0. The van der Waals surface area contributed by atoms with E-state index in [0.29, 0.717) is 0 Å². The van der Waals surface area contributed by atoms with E-state index in [1.807, 2.05) is 55.6 Å². The lowest BCUT2D eigenvalue weighted by Crippen LogP contribution is -2.02. The maximum absolute atomic E-state index is 4.81. The predicted octanol–water partition coefficient (Wildman–Crippen LogP) is 4.47. The number of allylic oxidation sites excluding steroid dienone is 1. The molecular formula is C20H17N3. The summed E-state index contributed by atoms with van der Waals surface area (Å²) in [5.41, 5.74) is 6.45. The molecule has 4 rings (SSSR count). The molecule has 0 fully saturated rings. The lowest BCUT2D eigenvalue weighted by Gasteiger charge is -2.14. The molecule has 2 heterocycles. The predicted molar refractivity (Wildman–Crippen MR) is 92.8 cm³/mol. The van der Waals surface area contributed by atoms with Crippen molar-refractivity contribution in [2.24, 2.45) is 0 Å². The van der Waals surface area contributed by atoms with Crippen molar-refractivity contribution in [3.8, 4) is 22.6 Å². The number of fused-ring (bicyclic) bond motifs is 1. The molecule has 3 nitrogen and oxygen atoms in total. The minimum Gasteiger partial charge on any atom is -0.261 e. The van der Waals surface area contributed by atoms with Crippen molar-refractivity contribution in [2.75, 3.05) is 0 Å². The zero-order chi connectivity index (χ0) is 15.6. The molecule has 0 radical (unpaired) electrons. The number of aromatic nitrogens is 3. The van der Waals surface area contributed by atoms with E-state index in [0.717, 1.165) is 46.9 Å². The van der Waals surface area contributed by atoms with E-state index >= 15 is 0 Å². The molecular weight excluding hydrogens is 282 g/mol. The standard InChI is InChI=1S/C20H17N3/c1-14-13-19(23-20(22-14)15-7-3-2-4-8-15)17-11-12-21-18-10-6-5-9-16(17)18/h2-5,7-9,11-13H,6,10H2,1H3. The Morgan fingerprint density at radius 1 is 1.00 bits per heavy atom. The SMILES string of the molecule is Cc1cc(-c2ccnc3c2C=CCC3)nc(-c2ccccc2)n1. The third-order valence-corrected chi connectivity index (χ3v) is 4.07. The van der Waals surface area contributed by atoms with E-state index < -0.39 is 0 Å². The van der Waals surface area contributed by atoms with Crippen molar-refractivity contribution in [2.45, 2.75) is 19.8 Å². The van der Waals surface area contributed by atoms with Gasteiger partial charge in [0, 0.05) is 34.3 Å². The quantitative estimate of drug-likeness (QED) is 0.700. The van der Waals surface area contributed by atoms with Crippen LogP contribution in [0.4, 0.5) is 0 Å². The molecule has 0 N–H and O–H groups in total. The van der Waals surface area contributed by atoms with Crippen molar-refractivity contribution < 1.29 is 0 Å². The summed E-state index contributed by atoms with van der Waals surface area (Å²) in [4.78, 5) is 13.9. The normalized spacial score (nSPS) is 12.9. The van der Waals surface area contributed by atoms with Gasteiger partial charge in [-0.15, -0.1) is 0 Å². The van der Waals surface area contributed by atoms with Crippen LogP contribution >= 0.6 is 0 Å². The van der Waals surface area contributed by atoms with Gasteiger partial charge in [0.05, 0.1) is 5.69 Å². The van der Waals surface area contributed by atoms with Crippen LogP contribution in [0.3, 0.4) is 0 Å². The summed E-state index contributed by atoms with van der Waals surface area (Å²) >= 11 is 0. The van der Waals surface area contributed by atoms with Crippen molar-refractivity contribution in [1.82, 2.24) is 15.0 Å². The molecule has 112 valence electrons. The molecule has 0 saturated heterocycles. The highest BCUT2D eigenvalue weighted by atomic mass is 14.9. The minimum atomic E-state index is 0.769. The third-order valence-electron chi connectivity index (χ3n) is 4.07. The molecule has 0 atom stereocenters. The van der Waals surface area contributed by atoms with Gasteiger partial charge >= 0.3 is 0 Å². The van der Waals surface area contributed by atoms with Crippen molar-refractivity contribution in [3.63, 3.8) is 0 Å². The van der Waals surface area contributed by atoms with Crippen LogP contribution in [0.2, 0.25) is 0 Å². The van der Waals surface area contributed by atoms with E-state index in [9.17, 15) is 0 Å². The van der Waals surface area contributed by atoms with Crippen molar-refractivity contribution in [3.05, 3.63) is 71.7 Å². The number of hydrogen-bond acceptors (Lipinski definition) is 3. The Morgan fingerprint density at radius 3 is 2.74 bits per heavy atom. The zero-order valence-corrected chi connectivity index (χ0v) is 13.0. The van der Waals surface area contributed by atoms with Gasteiger partial charge in [0.25, 0.3) is 0 Å². The molecule has 23 heavy (non-hydrogen) atoms. The molecule has 2 aromatic heterocycles. The molecule has 1 aliphatic rings. The highest BCUT2D eigenvalue weighted by Gasteiger charge is 2.14. The number of benzene rings is 1. The topological polar surface area (TPSA) is 38.7 Å². The van der Waals surface area contributed by atoms with E-state index in [1.54, 1.807) is 0 Å². The molecule has 0 bridgehead atoms. The molecule has 0 amide bonds. The Hall–Kier alpha value is -2.81. The Bertz CT molecular complexity index is 883. The number of aryl methyl sites for hydroxylation is 2. The molecule has 0 saturated carbocycles. The summed E-state index contributed by atoms with van der Waals surface area (Å²) < 4.78 is 0. The molecule has 0 unspecified atom stereocenters. The number of nitrogens with zero attached hydrogens (tertiary/aromatic N) is 3. The fourth-order valence-corrected chi connectivity index (χ4v) is 2.97. The number of hydrogen-bond donors (Lipinski definition) is 0. The maximum atomic E-state index is 4.81. The van der Waals surface area contributed by atoms with Crippen LogP contribution in [-0.4, -0.2) is 15.0 Å². The second-order valence-corrected chi connectivity index (χ2v) is 5.74. The zero-order valence-electron chi connectivity index (χ0n) is 13.0. The first-order valence-electron chi connectivity index (χ1n) is 7.87. The smallest absolute Gasteiger partial charge is 0.160 e. The van der Waals surface area contributed by atoms with Crippen LogP contribution < -0.4 is 0 Å². The van der Waals surface area contributed by atoms with Crippen LogP contribution in [0.25, 0.3) is 28.7 Å². The Balaban J connectivity index is 1.88. The van der Waals surface area contributed by atoms with Gasteiger partial charge in [0.2, 0.25) is 0 Å². The van der Waals surface area contributed by atoms with E-state index in [2.05, 4.69) is 22.1 Å². The van der Waals surface area contributed by atoms with E-state index in [-0.39, 0.29) is 0 Å². The highest BCUT2D eigenvalue weighted by molar-refractivity contribution is 5.76. The first-order valence-corrected chi connectivity index (χ1v) is 7.87. The first kappa shape index (κ1) is 13.8. The Kier molecular flexibility index (Phi) is 3.46. The Morgan fingerprint density at radius 2 is 1.87 bits per heavy atom. The van der Waals surface area contributed by atoms with Gasteiger partial charge in [-0.2, -0.15) is 0 Å². The molecule has 0 spiro atoms. The van der Waals surface area contributed by atoms with Crippen molar-refractivity contribution in [1.29, 1.82) is 0 Å². The van der Waals surface area contributed by atoms with Crippen LogP contribution in [-0.2, 0) is 6.42 Å². The molecule has 3 heteroatoms. The summed E-state index contributed by atoms with van der Waals surface area (Å²) in [6.45, 7) is 2.01. The fourth-order valence-electron chi connectivity index (χ4n) is 2.97. The average molecular weight is 299 g/mol. The van der Waals surface area contributed by atoms with E-state index in [4.69, 9.17) is 4.98 Å². The van der Waals surface area contributed by atoms with Gasteiger partial charge in [-0.3, -0.25) is 4.98 Å². The third kappa shape index (κ3) is 2.66. The van der Waals surface area contributed by atoms with Gasteiger partial charge < -0.3 is 0 Å². The summed E-state index contributed by atoms with van der Waals surface area (Å²) in [6, 6.07) is 14.2. The van der Waals surface area contributed by atoms with Crippen LogP contribution in [0.1, 0.15) is 23.4 Å². The minimum absolute atomic E-state index is 0.769. The summed E-state index contributed by atoms with van der Waals surface area (Å²) in [7, 11) is 0. The highest BCUT2D eigenvalue weighted by Crippen LogP contribution is 2.29. The lowest BCUT2D eigenvalue weighted by molar-refractivity contribution is 0.927. The summed E-state index contributed by atoms with van der Waals surface area (Å²) in [5.74, 6) is 0.769. The van der Waals surface area contributed by atoms with Crippen molar-refractivity contribution >= 4 is 6.08 Å². The monoisotopic (exact) mass is 299 g/mol. The van der Waals surface area contributed by atoms with Gasteiger partial charge in [-0.25, -0.2) is 9.97 Å². The average Bonchev–Trinajstić information content (AvgIpc) is 2.61. The number of pyridine rings is 1. The van der Waals surface area contributed by atoms with Gasteiger partial charge in [-0.1, -0.05) is 42.5 Å². The molecule has 1 aliphatic carbocycles. The van der Waals surface area contributed by atoms with Crippen LogP contribution in [0, 0.1) is 6.92 Å². The van der Waals surface area contributed by atoms with E-state index in [1.165, 1.54) is 5.56 Å². The maximum Gasteiger partial charge on any atom is 0.160 e. The Labute approximate surface area is 135 Å². The second kappa shape index (κ2) is 5.76. The van der Waals surface area contributed by atoms with Gasteiger partial charge in [-0.05, 0) is 31.9 Å². The fraction of sp³-hybridized carbons (Fsp3) is 0.150. The first-order chi connectivity index (χ1) is 11.3. The number of rotatable bonds is 2. The van der Waals surface area contributed by atoms with Crippen LogP contribution in [0.15, 0.2) is 54.7 Å². The molecule has 3 aromatic rings. The van der Waals surface area contributed by atoms with Crippen LogP contribution in [0.5, 0.6) is 0 Å².